The van der Waals surface area contributed by atoms with E-state index >= 15 is 0 Å². The van der Waals surface area contributed by atoms with Gasteiger partial charge in [0.15, 0.2) is 0 Å². The quantitative estimate of drug-likeness (QED) is 0.678. The summed E-state index contributed by atoms with van der Waals surface area (Å²) >= 11 is 0. The summed E-state index contributed by atoms with van der Waals surface area (Å²) in [7, 11) is 0. The fourth-order valence-corrected chi connectivity index (χ4v) is 1.24. The van der Waals surface area contributed by atoms with Crippen LogP contribution in [0.25, 0.3) is 0 Å². The molecule has 96 valence electrons. The summed E-state index contributed by atoms with van der Waals surface area (Å²) in [5.41, 5.74) is 6.27. The van der Waals surface area contributed by atoms with E-state index in [0.717, 1.165) is 0 Å². The van der Waals surface area contributed by atoms with Crippen LogP contribution < -0.4 is 15.8 Å². The van der Waals surface area contributed by atoms with E-state index in [9.17, 15) is 5.11 Å². The smallest absolute Gasteiger partial charge is 0.119 e. The zero-order valence-corrected chi connectivity index (χ0v) is 10.7. The minimum atomic E-state index is -0.522. The highest BCUT2D eigenvalue weighted by atomic mass is 16.5. The molecule has 1 rings (SSSR count). The maximum Gasteiger partial charge on any atom is 0.119 e. The van der Waals surface area contributed by atoms with Crippen LogP contribution in [0, 0.1) is 0 Å². The first-order valence-electron chi connectivity index (χ1n) is 5.78. The highest BCUT2D eigenvalue weighted by molar-refractivity contribution is 5.41. The Balaban J connectivity index is 2.28. The fourth-order valence-electron chi connectivity index (χ4n) is 1.24. The molecule has 1 atom stereocenters. The number of nitrogens with two attached hydrogens (primary N) is 1. The summed E-state index contributed by atoms with van der Waals surface area (Å²) in [6, 6.07) is 7.13. The molecule has 4 nitrogen and oxygen atoms in total. The Morgan fingerprint density at radius 3 is 2.41 bits per heavy atom. The number of anilines is 1. The maximum atomic E-state index is 9.72. The number of aliphatic hydroxyl groups is 1. The molecule has 0 heterocycles. The zero-order chi connectivity index (χ0) is 12.9. The molecule has 1 aromatic rings. The number of nitrogen functional groups attached to an aromatic ring is 1. The molecule has 0 saturated carbocycles. The van der Waals surface area contributed by atoms with Crippen molar-refractivity contribution >= 4 is 5.69 Å². The molecule has 17 heavy (non-hydrogen) atoms. The van der Waals surface area contributed by atoms with Crippen LogP contribution in [0.4, 0.5) is 5.69 Å². The third-order valence-corrected chi connectivity index (χ3v) is 2.19. The van der Waals surface area contributed by atoms with E-state index in [1.807, 2.05) is 0 Å². The average Bonchev–Trinajstić information content (AvgIpc) is 2.25. The number of ether oxygens (including phenoxy) is 1. The normalized spacial score (nSPS) is 13.4. The first-order chi connectivity index (χ1) is 7.87. The average molecular weight is 238 g/mol. The van der Waals surface area contributed by atoms with Crippen LogP contribution in [0.15, 0.2) is 24.3 Å². The maximum absolute atomic E-state index is 9.72. The van der Waals surface area contributed by atoms with Gasteiger partial charge in [-0.25, -0.2) is 0 Å². The van der Waals surface area contributed by atoms with Crippen LogP contribution in [0.3, 0.4) is 0 Å². The zero-order valence-electron chi connectivity index (χ0n) is 10.7. The van der Waals surface area contributed by atoms with Crippen molar-refractivity contribution in [2.75, 3.05) is 18.9 Å². The molecule has 1 unspecified atom stereocenters. The van der Waals surface area contributed by atoms with Crippen LogP contribution in [-0.2, 0) is 0 Å². The topological polar surface area (TPSA) is 67.5 Å². The Morgan fingerprint density at radius 2 is 1.88 bits per heavy atom. The lowest BCUT2D eigenvalue weighted by Crippen LogP contribution is -2.42. The molecule has 0 aromatic heterocycles. The summed E-state index contributed by atoms with van der Waals surface area (Å²) in [6.45, 7) is 6.95. The van der Waals surface area contributed by atoms with Gasteiger partial charge in [0.05, 0.1) is 0 Å². The summed E-state index contributed by atoms with van der Waals surface area (Å²) < 4.78 is 5.44. The molecule has 4 N–H and O–H groups in total. The molecule has 0 aliphatic rings. The van der Waals surface area contributed by atoms with Gasteiger partial charge in [0, 0.05) is 17.8 Å². The van der Waals surface area contributed by atoms with Crippen LogP contribution in [0.2, 0.25) is 0 Å². The van der Waals surface area contributed by atoms with Gasteiger partial charge in [0.25, 0.3) is 0 Å². The van der Waals surface area contributed by atoms with Crippen LogP contribution in [-0.4, -0.2) is 29.9 Å². The molecule has 0 radical (unpaired) electrons. The Labute approximate surface area is 103 Å². The number of rotatable bonds is 5. The molecule has 0 aliphatic carbocycles. The highest BCUT2D eigenvalue weighted by Gasteiger charge is 2.12. The summed E-state index contributed by atoms with van der Waals surface area (Å²) in [4.78, 5) is 0. The SMILES string of the molecule is CC(C)(C)NCC(O)COc1ccc(N)cc1. The Kier molecular flexibility index (Phi) is 4.78. The standard InChI is InChI=1S/C13H22N2O2/c1-13(2,3)15-8-11(16)9-17-12-6-4-10(14)5-7-12/h4-7,11,15-16H,8-9,14H2,1-3H3. The molecular weight excluding hydrogens is 216 g/mol. The lowest BCUT2D eigenvalue weighted by atomic mass is 10.1. The Bertz CT molecular complexity index is 330. The number of benzene rings is 1. The molecule has 0 aliphatic heterocycles. The van der Waals surface area contributed by atoms with Gasteiger partial charge in [0.2, 0.25) is 0 Å². The van der Waals surface area contributed by atoms with Crippen molar-refractivity contribution in [3.63, 3.8) is 0 Å². The molecule has 0 fully saturated rings. The molecule has 0 bridgehead atoms. The third kappa shape index (κ3) is 6.14. The first-order valence-corrected chi connectivity index (χ1v) is 5.78. The molecule has 0 spiro atoms. The number of hydrogen-bond acceptors (Lipinski definition) is 4. The lowest BCUT2D eigenvalue weighted by Gasteiger charge is -2.22. The summed E-state index contributed by atoms with van der Waals surface area (Å²) in [5.74, 6) is 0.717. The molecular formula is C13H22N2O2. The van der Waals surface area contributed by atoms with E-state index in [2.05, 4.69) is 26.1 Å². The second-order valence-electron chi connectivity index (χ2n) is 5.16. The Morgan fingerprint density at radius 1 is 1.29 bits per heavy atom. The third-order valence-electron chi connectivity index (χ3n) is 2.19. The Hall–Kier alpha value is -1.26. The highest BCUT2D eigenvalue weighted by Crippen LogP contribution is 2.13. The second kappa shape index (κ2) is 5.89. The molecule has 0 saturated heterocycles. The number of β-amino-alcohol motifs (C(OH)–C–C–N with tert-alkyl or cyclic N) is 1. The second-order valence-corrected chi connectivity index (χ2v) is 5.16. The fraction of sp³-hybridized carbons (Fsp3) is 0.538. The monoisotopic (exact) mass is 238 g/mol. The van der Waals surface area contributed by atoms with E-state index in [4.69, 9.17) is 10.5 Å². The first kappa shape index (κ1) is 13.8. The summed E-state index contributed by atoms with van der Waals surface area (Å²) in [5, 5.41) is 12.9. The van der Waals surface area contributed by atoms with Crippen molar-refractivity contribution in [3.05, 3.63) is 24.3 Å². The van der Waals surface area contributed by atoms with Crippen molar-refractivity contribution < 1.29 is 9.84 Å². The predicted molar refractivity (Wildman–Crippen MR) is 70.1 cm³/mol. The van der Waals surface area contributed by atoms with Crippen molar-refractivity contribution in [1.82, 2.24) is 5.32 Å². The number of hydrogen-bond donors (Lipinski definition) is 3. The van der Waals surface area contributed by atoms with Crippen molar-refractivity contribution in [2.24, 2.45) is 0 Å². The minimum Gasteiger partial charge on any atom is -0.491 e. The van der Waals surface area contributed by atoms with E-state index < -0.39 is 6.10 Å². The van der Waals surface area contributed by atoms with Crippen LogP contribution in [0.5, 0.6) is 5.75 Å². The van der Waals surface area contributed by atoms with Gasteiger partial charge < -0.3 is 20.9 Å². The van der Waals surface area contributed by atoms with Crippen molar-refractivity contribution in [1.29, 1.82) is 0 Å². The largest absolute Gasteiger partial charge is 0.491 e. The lowest BCUT2D eigenvalue weighted by molar-refractivity contribution is 0.100. The molecule has 0 amide bonds. The number of aliphatic hydroxyl groups excluding tert-OH is 1. The van der Waals surface area contributed by atoms with Gasteiger partial charge in [-0.1, -0.05) is 0 Å². The molecule has 1 aromatic carbocycles. The van der Waals surface area contributed by atoms with E-state index in [0.29, 0.717) is 18.0 Å². The van der Waals surface area contributed by atoms with Gasteiger partial charge in [-0.05, 0) is 45.0 Å². The van der Waals surface area contributed by atoms with Gasteiger partial charge in [0.1, 0.15) is 18.5 Å². The molecule has 4 heteroatoms. The predicted octanol–water partition coefficient (Wildman–Crippen LogP) is 1.40. The van der Waals surface area contributed by atoms with Gasteiger partial charge >= 0.3 is 0 Å². The van der Waals surface area contributed by atoms with E-state index in [-0.39, 0.29) is 12.1 Å². The minimum absolute atomic E-state index is 0.00216. The summed E-state index contributed by atoms with van der Waals surface area (Å²) in [6.07, 6.45) is -0.522. The van der Waals surface area contributed by atoms with Gasteiger partial charge in [-0.2, -0.15) is 0 Å². The van der Waals surface area contributed by atoms with Crippen molar-refractivity contribution in [3.8, 4) is 5.75 Å². The van der Waals surface area contributed by atoms with Gasteiger partial charge in [-0.3, -0.25) is 0 Å². The number of nitrogens with one attached hydrogen (secondary N) is 1. The van der Waals surface area contributed by atoms with Crippen LogP contribution >= 0.6 is 0 Å². The van der Waals surface area contributed by atoms with E-state index in [1.165, 1.54) is 0 Å². The van der Waals surface area contributed by atoms with Crippen molar-refractivity contribution in [2.45, 2.75) is 32.4 Å². The van der Waals surface area contributed by atoms with E-state index in [1.54, 1.807) is 24.3 Å². The van der Waals surface area contributed by atoms with Crippen LogP contribution in [0.1, 0.15) is 20.8 Å². The van der Waals surface area contributed by atoms with Gasteiger partial charge in [-0.15, -0.1) is 0 Å².